The molecule has 0 bridgehead atoms. The Morgan fingerprint density at radius 2 is 2.05 bits per heavy atom. The molecule has 0 aromatic heterocycles. The minimum Gasteiger partial charge on any atom is -0.493 e. The van der Waals surface area contributed by atoms with Crippen molar-refractivity contribution < 1.29 is 22.4 Å². The first-order valence-electron chi connectivity index (χ1n) is 6.85. The largest absolute Gasteiger partial charge is 0.493 e. The van der Waals surface area contributed by atoms with Crippen LogP contribution in [0.1, 0.15) is 17.5 Å². The Hall–Kier alpha value is -1.31. The lowest BCUT2D eigenvalue weighted by atomic mass is 9.98. The summed E-state index contributed by atoms with van der Waals surface area (Å²) >= 11 is 0. The van der Waals surface area contributed by atoms with Crippen molar-refractivity contribution >= 4 is 10.1 Å². The van der Waals surface area contributed by atoms with Crippen molar-refractivity contribution in [1.29, 1.82) is 0 Å². The molecule has 1 N–H and O–H groups in total. The number of methoxy groups -OCH3 is 2. The zero-order chi connectivity index (χ0) is 15.5. The van der Waals surface area contributed by atoms with E-state index >= 15 is 0 Å². The Kier molecular flexibility index (Phi) is 5.08. The summed E-state index contributed by atoms with van der Waals surface area (Å²) in [6, 6.07) is 3.96. The number of fused-ring (bicyclic) bond motifs is 1. The third-order valence-electron chi connectivity index (χ3n) is 3.70. The average molecular weight is 315 g/mol. The van der Waals surface area contributed by atoms with E-state index in [1.165, 1.54) is 5.56 Å². The number of nitrogens with zero attached hydrogens (tertiary/aromatic N) is 1. The first kappa shape index (κ1) is 16.1. The lowest BCUT2D eigenvalue weighted by Crippen LogP contribution is -2.32. The standard InChI is InChI=1S/C14H21NO5S/c1-19-13-5-4-11-6-8-15(7-3-9-21(16,17)18)10-12(11)14(13)20-2/h4-5H,3,6-10H2,1-2H3,(H,16,17,18). The fraction of sp³-hybridized carbons (Fsp3) is 0.571. The molecule has 0 unspecified atom stereocenters. The Morgan fingerprint density at radius 3 is 2.67 bits per heavy atom. The van der Waals surface area contributed by atoms with Gasteiger partial charge in [-0.3, -0.25) is 9.45 Å². The zero-order valence-corrected chi connectivity index (χ0v) is 13.1. The fourth-order valence-corrected chi connectivity index (χ4v) is 3.18. The Bertz CT molecular complexity index is 600. The predicted molar refractivity (Wildman–Crippen MR) is 79.6 cm³/mol. The van der Waals surface area contributed by atoms with E-state index in [-0.39, 0.29) is 5.75 Å². The summed E-state index contributed by atoms with van der Waals surface area (Å²) in [4.78, 5) is 2.16. The van der Waals surface area contributed by atoms with Crippen molar-refractivity contribution in [3.05, 3.63) is 23.3 Å². The van der Waals surface area contributed by atoms with Crippen molar-refractivity contribution in [2.24, 2.45) is 0 Å². The van der Waals surface area contributed by atoms with Gasteiger partial charge in [-0.25, -0.2) is 0 Å². The summed E-state index contributed by atoms with van der Waals surface area (Å²) in [7, 11) is -0.652. The highest BCUT2D eigenvalue weighted by molar-refractivity contribution is 7.85. The highest BCUT2D eigenvalue weighted by atomic mass is 32.2. The maximum atomic E-state index is 10.8. The van der Waals surface area contributed by atoms with Crippen LogP contribution in [0.4, 0.5) is 0 Å². The molecule has 1 aliphatic heterocycles. The van der Waals surface area contributed by atoms with Gasteiger partial charge in [0, 0.05) is 18.7 Å². The van der Waals surface area contributed by atoms with Crippen LogP contribution in [0.5, 0.6) is 11.5 Å². The first-order valence-corrected chi connectivity index (χ1v) is 8.45. The Morgan fingerprint density at radius 1 is 1.29 bits per heavy atom. The van der Waals surface area contributed by atoms with Gasteiger partial charge in [0.25, 0.3) is 10.1 Å². The van der Waals surface area contributed by atoms with E-state index in [1.807, 2.05) is 12.1 Å². The van der Waals surface area contributed by atoms with Gasteiger partial charge in [-0.15, -0.1) is 0 Å². The molecular formula is C14H21NO5S. The number of hydrogen-bond donors (Lipinski definition) is 1. The molecule has 1 aromatic rings. The van der Waals surface area contributed by atoms with Crippen LogP contribution in [0.15, 0.2) is 12.1 Å². The van der Waals surface area contributed by atoms with E-state index in [0.29, 0.717) is 25.3 Å². The van der Waals surface area contributed by atoms with Gasteiger partial charge in [0.15, 0.2) is 11.5 Å². The average Bonchev–Trinajstić information content (AvgIpc) is 2.44. The smallest absolute Gasteiger partial charge is 0.264 e. The molecule has 0 saturated carbocycles. The van der Waals surface area contributed by atoms with Gasteiger partial charge >= 0.3 is 0 Å². The molecule has 0 aliphatic carbocycles. The van der Waals surface area contributed by atoms with E-state index in [2.05, 4.69) is 4.90 Å². The zero-order valence-electron chi connectivity index (χ0n) is 12.3. The van der Waals surface area contributed by atoms with Crippen molar-refractivity contribution in [2.75, 3.05) is 33.1 Å². The van der Waals surface area contributed by atoms with Crippen LogP contribution in [-0.4, -0.2) is 50.9 Å². The highest BCUT2D eigenvalue weighted by Crippen LogP contribution is 2.36. The maximum absolute atomic E-state index is 10.8. The molecule has 0 radical (unpaired) electrons. The lowest BCUT2D eigenvalue weighted by molar-refractivity contribution is 0.246. The van der Waals surface area contributed by atoms with E-state index in [4.69, 9.17) is 14.0 Å². The molecule has 1 aliphatic rings. The molecule has 1 heterocycles. The van der Waals surface area contributed by atoms with Gasteiger partial charge in [-0.2, -0.15) is 8.42 Å². The molecule has 1 aromatic carbocycles. The van der Waals surface area contributed by atoms with E-state index in [1.54, 1.807) is 14.2 Å². The summed E-state index contributed by atoms with van der Waals surface area (Å²) < 4.78 is 41.0. The van der Waals surface area contributed by atoms with Crippen LogP contribution in [0.25, 0.3) is 0 Å². The maximum Gasteiger partial charge on any atom is 0.264 e. The van der Waals surface area contributed by atoms with Crippen LogP contribution in [0.3, 0.4) is 0 Å². The van der Waals surface area contributed by atoms with Crippen LogP contribution < -0.4 is 9.47 Å². The van der Waals surface area contributed by atoms with Crippen LogP contribution >= 0.6 is 0 Å². The molecule has 0 fully saturated rings. The molecule has 0 atom stereocenters. The molecule has 0 saturated heterocycles. The molecule has 0 amide bonds. The molecule has 0 spiro atoms. The lowest BCUT2D eigenvalue weighted by Gasteiger charge is -2.30. The molecule has 6 nitrogen and oxygen atoms in total. The summed E-state index contributed by atoms with van der Waals surface area (Å²) in [5.74, 6) is 1.25. The summed E-state index contributed by atoms with van der Waals surface area (Å²) in [5.41, 5.74) is 2.33. The number of benzene rings is 1. The third kappa shape index (κ3) is 4.09. The van der Waals surface area contributed by atoms with Crippen molar-refractivity contribution in [3.63, 3.8) is 0 Å². The summed E-state index contributed by atoms with van der Waals surface area (Å²) in [5, 5.41) is 0. The Balaban J connectivity index is 2.08. The van der Waals surface area contributed by atoms with Crippen LogP contribution in [0, 0.1) is 0 Å². The van der Waals surface area contributed by atoms with E-state index in [9.17, 15) is 8.42 Å². The van der Waals surface area contributed by atoms with Crippen molar-refractivity contribution in [3.8, 4) is 11.5 Å². The van der Waals surface area contributed by atoms with Gasteiger partial charge in [-0.05, 0) is 31.0 Å². The Labute approximate surface area is 125 Å². The minimum absolute atomic E-state index is 0.203. The number of hydrogen-bond acceptors (Lipinski definition) is 5. The molecule has 21 heavy (non-hydrogen) atoms. The van der Waals surface area contributed by atoms with Gasteiger partial charge in [0.05, 0.1) is 20.0 Å². The topological polar surface area (TPSA) is 76.1 Å². The van der Waals surface area contributed by atoms with Crippen LogP contribution in [0.2, 0.25) is 0 Å². The molecular weight excluding hydrogens is 294 g/mol. The van der Waals surface area contributed by atoms with Crippen molar-refractivity contribution in [1.82, 2.24) is 4.90 Å². The molecule has 118 valence electrons. The molecule has 7 heteroatoms. The highest BCUT2D eigenvalue weighted by Gasteiger charge is 2.22. The van der Waals surface area contributed by atoms with Crippen molar-refractivity contribution in [2.45, 2.75) is 19.4 Å². The van der Waals surface area contributed by atoms with E-state index in [0.717, 1.165) is 24.3 Å². The SMILES string of the molecule is COc1ccc2c(c1OC)CN(CCCS(=O)(=O)O)CC2. The second-order valence-corrected chi connectivity index (χ2v) is 6.68. The quantitative estimate of drug-likeness (QED) is 0.798. The minimum atomic E-state index is -3.88. The van der Waals surface area contributed by atoms with Crippen LogP contribution in [-0.2, 0) is 23.1 Å². The van der Waals surface area contributed by atoms with Gasteiger partial charge < -0.3 is 9.47 Å². The first-order chi connectivity index (χ1) is 9.94. The number of rotatable bonds is 6. The molecule has 2 rings (SSSR count). The van der Waals surface area contributed by atoms with Gasteiger partial charge in [-0.1, -0.05) is 6.07 Å². The number of ether oxygens (including phenoxy) is 2. The van der Waals surface area contributed by atoms with Gasteiger partial charge in [0.1, 0.15) is 0 Å². The van der Waals surface area contributed by atoms with E-state index < -0.39 is 10.1 Å². The predicted octanol–water partition coefficient (Wildman–Crippen LogP) is 1.34. The summed E-state index contributed by atoms with van der Waals surface area (Å²) in [6.07, 6.45) is 1.31. The second-order valence-electron chi connectivity index (χ2n) is 5.10. The second kappa shape index (κ2) is 6.64. The monoisotopic (exact) mass is 315 g/mol. The van der Waals surface area contributed by atoms with Gasteiger partial charge in [0.2, 0.25) is 0 Å². The third-order valence-corrected chi connectivity index (χ3v) is 4.51. The summed E-state index contributed by atoms with van der Waals surface area (Å²) in [6.45, 7) is 2.19. The normalized spacial score (nSPS) is 15.6. The fourth-order valence-electron chi connectivity index (χ4n) is 2.68.